The Kier molecular flexibility index (Phi) is 8.36. The topological polar surface area (TPSA) is 71.3 Å². The Morgan fingerprint density at radius 1 is 1.18 bits per heavy atom. The molecule has 6 nitrogen and oxygen atoms in total. The number of piperidine rings is 1. The Morgan fingerprint density at radius 2 is 1.97 bits per heavy atom. The zero-order valence-electron chi connectivity index (χ0n) is 18.2. The van der Waals surface area contributed by atoms with Crippen LogP contribution >= 0.6 is 23.4 Å². The monoisotopic (exact) mass is 488 g/mol. The molecule has 2 heterocycles. The van der Waals surface area contributed by atoms with Crippen LogP contribution in [0.2, 0.25) is 5.02 Å². The molecule has 0 spiro atoms. The van der Waals surface area contributed by atoms with Gasteiger partial charge in [0.2, 0.25) is 17.6 Å². The molecule has 2 aromatic carbocycles. The van der Waals surface area contributed by atoms with Crippen LogP contribution in [0.5, 0.6) is 0 Å². The number of aromatic nitrogens is 2. The minimum Gasteiger partial charge on any atom is -0.355 e. The number of nitrogens with zero attached hydrogens (tertiary/aromatic N) is 3. The molecule has 33 heavy (non-hydrogen) atoms. The highest BCUT2D eigenvalue weighted by Gasteiger charge is 2.25. The van der Waals surface area contributed by atoms with Gasteiger partial charge in [-0.05, 0) is 38.1 Å². The lowest BCUT2D eigenvalue weighted by Crippen LogP contribution is -2.40. The molecule has 1 amide bonds. The molecule has 1 aliphatic heterocycles. The predicted molar refractivity (Wildman–Crippen MR) is 128 cm³/mol. The molecule has 0 saturated carbocycles. The maximum atomic E-state index is 13.8. The molecule has 9 heteroatoms. The van der Waals surface area contributed by atoms with Crippen LogP contribution in [0.25, 0.3) is 11.4 Å². The van der Waals surface area contributed by atoms with Gasteiger partial charge in [0.15, 0.2) is 0 Å². The van der Waals surface area contributed by atoms with Crippen molar-refractivity contribution in [3.63, 3.8) is 0 Å². The third-order valence-electron chi connectivity index (χ3n) is 5.67. The number of hydrogen-bond donors (Lipinski definition) is 1. The summed E-state index contributed by atoms with van der Waals surface area (Å²) in [5.74, 6) is 2.18. The van der Waals surface area contributed by atoms with E-state index in [0.717, 1.165) is 31.5 Å². The lowest BCUT2D eigenvalue weighted by molar-refractivity contribution is -0.126. The molecule has 0 radical (unpaired) electrons. The smallest absolute Gasteiger partial charge is 0.241 e. The second-order valence-electron chi connectivity index (χ2n) is 7.97. The van der Waals surface area contributed by atoms with E-state index in [-0.39, 0.29) is 17.6 Å². The van der Waals surface area contributed by atoms with Crippen molar-refractivity contribution in [2.24, 2.45) is 5.92 Å². The standard InChI is InChI=1S/C24H26ClFN4O2S/c25-20-7-4-8-21(26)19(20)16-33-14-11-27-24(31)18-9-12-30(13-10-18)15-22-28-23(29-32-22)17-5-2-1-3-6-17/h1-8,18H,9-16H2,(H,27,31). The van der Waals surface area contributed by atoms with Gasteiger partial charge in [0.25, 0.3) is 0 Å². The summed E-state index contributed by atoms with van der Waals surface area (Å²) in [4.78, 5) is 19.2. The van der Waals surface area contributed by atoms with Gasteiger partial charge in [-0.1, -0.05) is 53.2 Å². The molecule has 0 bridgehead atoms. The highest BCUT2D eigenvalue weighted by molar-refractivity contribution is 7.98. The Morgan fingerprint density at radius 3 is 2.73 bits per heavy atom. The number of benzene rings is 2. The number of nitrogens with one attached hydrogen (secondary N) is 1. The quantitative estimate of drug-likeness (QED) is 0.437. The van der Waals surface area contributed by atoms with Gasteiger partial charge in [0.1, 0.15) is 5.82 Å². The van der Waals surface area contributed by atoms with Crippen LogP contribution in [0, 0.1) is 11.7 Å². The van der Waals surface area contributed by atoms with Crippen molar-refractivity contribution < 1.29 is 13.7 Å². The summed E-state index contributed by atoms with van der Waals surface area (Å²) < 4.78 is 19.2. The number of halogens is 2. The van der Waals surface area contributed by atoms with E-state index >= 15 is 0 Å². The van der Waals surface area contributed by atoms with Gasteiger partial charge in [-0.3, -0.25) is 9.69 Å². The number of rotatable bonds is 9. The molecule has 1 aliphatic rings. The van der Waals surface area contributed by atoms with Crippen LogP contribution in [0.1, 0.15) is 24.3 Å². The van der Waals surface area contributed by atoms with Gasteiger partial charge in [-0.2, -0.15) is 16.7 Å². The van der Waals surface area contributed by atoms with Crippen molar-refractivity contribution in [1.29, 1.82) is 0 Å². The Bertz CT molecular complexity index is 1040. The summed E-state index contributed by atoms with van der Waals surface area (Å²) in [5.41, 5.74) is 1.44. The van der Waals surface area contributed by atoms with Crippen LogP contribution in [0.3, 0.4) is 0 Å². The Hall–Kier alpha value is -2.42. The van der Waals surface area contributed by atoms with Crippen molar-refractivity contribution in [1.82, 2.24) is 20.4 Å². The van der Waals surface area contributed by atoms with Crippen molar-refractivity contribution in [3.05, 3.63) is 70.8 Å². The largest absolute Gasteiger partial charge is 0.355 e. The van der Waals surface area contributed by atoms with E-state index in [1.165, 1.54) is 6.07 Å². The lowest BCUT2D eigenvalue weighted by atomic mass is 9.96. The molecule has 174 valence electrons. The molecular formula is C24H26ClFN4O2S. The minimum atomic E-state index is -0.289. The summed E-state index contributed by atoms with van der Waals surface area (Å²) in [6.45, 7) is 2.76. The molecule has 1 aromatic heterocycles. The molecule has 1 N–H and O–H groups in total. The first-order chi connectivity index (χ1) is 16.1. The van der Waals surface area contributed by atoms with E-state index in [2.05, 4.69) is 20.4 Å². The highest BCUT2D eigenvalue weighted by atomic mass is 35.5. The fourth-order valence-corrected chi connectivity index (χ4v) is 5.00. The van der Waals surface area contributed by atoms with E-state index in [0.29, 0.717) is 46.9 Å². The van der Waals surface area contributed by atoms with Gasteiger partial charge in [0, 0.05) is 40.1 Å². The normalized spacial score (nSPS) is 15.0. The van der Waals surface area contributed by atoms with Gasteiger partial charge in [0.05, 0.1) is 6.54 Å². The summed E-state index contributed by atoms with van der Waals surface area (Å²) in [5, 5.41) is 7.51. The SMILES string of the molecule is O=C(NCCSCc1c(F)cccc1Cl)C1CCN(Cc2nc(-c3ccccc3)no2)CC1. The summed E-state index contributed by atoms with van der Waals surface area (Å²) >= 11 is 7.60. The zero-order valence-corrected chi connectivity index (χ0v) is 19.7. The molecule has 0 unspecified atom stereocenters. The number of thioether (sulfide) groups is 1. The van der Waals surface area contributed by atoms with Crippen LogP contribution in [-0.4, -0.2) is 46.3 Å². The van der Waals surface area contributed by atoms with Crippen LogP contribution < -0.4 is 5.32 Å². The summed E-state index contributed by atoms with van der Waals surface area (Å²) in [6.07, 6.45) is 1.59. The van der Waals surface area contributed by atoms with Gasteiger partial charge < -0.3 is 9.84 Å². The van der Waals surface area contributed by atoms with Crippen molar-refractivity contribution in [3.8, 4) is 11.4 Å². The molecule has 1 fully saturated rings. The molecule has 0 atom stereocenters. The lowest BCUT2D eigenvalue weighted by Gasteiger charge is -2.30. The maximum absolute atomic E-state index is 13.8. The van der Waals surface area contributed by atoms with Gasteiger partial charge in [-0.15, -0.1) is 0 Å². The van der Waals surface area contributed by atoms with E-state index < -0.39 is 0 Å². The molecule has 4 rings (SSSR count). The molecule has 0 aliphatic carbocycles. The minimum absolute atomic E-state index is 0.00910. The van der Waals surface area contributed by atoms with E-state index in [4.69, 9.17) is 16.1 Å². The van der Waals surface area contributed by atoms with Crippen molar-refractivity contribution >= 4 is 29.3 Å². The molecule has 3 aromatic rings. The van der Waals surface area contributed by atoms with Crippen molar-refractivity contribution in [2.45, 2.75) is 25.1 Å². The van der Waals surface area contributed by atoms with E-state index in [1.807, 2.05) is 30.3 Å². The number of likely N-dealkylation sites (tertiary alicyclic amines) is 1. The number of hydrogen-bond acceptors (Lipinski definition) is 6. The third-order valence-corrected chi connectivity index (χ3v) is 7.01. The second-order valence-corrected chi connectivity index (χ2v) is 9.48. The Labute approximate surface area is 201 Å². The molecular weight excluding hydrogens is 463 g/mol. The fourth-order valence-electron chi connectivity index (χ4n) is 3.80. The van der Waals surface area contributed by atoms with Gasteiger partial charge in [-0.25, -0.2) is 4.39 Å². The van der Waals surface area contributed by atoms with Gasteiger partial charge >= 0.3 is 0 Å². The zero-order chi connectivity index (χ0) is 23.0. The summed E-state index contributed by atoms with van der Waals surface area (Å²) in [7, 11) is 0. The average molecular weight is 489 g/mol. The first-order valence-electron chi connectivity index (χ1n) is 11.0. The molecule has 1 saturated heterocycles. The first kappa shape index (κ1) is 23.7. The second kappa shape index (κ2) is 11.6. The average Bonchev–Trinajstić information content (AvgIpc) is 3.30. The third kappa shape index (κ3) is 6.56. The summed E-state index contributed by atoms with van der Waals surface area (Å²) in [6, 6.07) is 14.4. The van der Waals surface area contributed by atoms with Crippen LogP contribution in [-0.2, 0) is 17.1 Å². The Balaban J connectivity index is 1.14. The highest BCUT2D eigenvalue weighted by Crippen LogP contribution is 2.24. The van der Waals surface area contributed by atoms with E-state index in [1.54, 1.807) is 23.9 Å². The first-order valence-corrected chi connectivity index (χ1v) is 12.5. The maximum Gasteiger partial charge on any atom is 0.241 e. The predicted octanol–water partition coefficient (Wildman–Crippen LogP) is 4.79. The van der Waals surface area contributed by atoms with Crippen LogP contribution in [0.4, 0.5) is 4.39 Å². The van der Waals surface area contributed by atoms with Crippen LogP contribution in [0.15, 0.2) is 53.1 Å². The fraction of sp³-hybridized carbons (Fsp3) is 0.375. The number of carbonyl (C=O) groups is 1. The van der Waals surface area contributed by atoms with E-state index in [9.17, 15) is 9.18 Å². The number of carbonyl (C=O) groups excluding carboxylic acids is 1. The van der Waals surface area contributed by atoms with Crippen molar-refractivity contribution in [2.75, 3.05) is 25.4 Å². The number of amides is 1.